The van der Waals surface area contributed by atoms with Gasteiger partial charge in [-0.3, -0.25) is 14.6 Å². The predicted octanol–water partition coefficient (Wildman–Crippen LogP) is 2.16. The summed E-state index contributed by atoms with van der Waals surface area (Å²) in [6, 6.07) is 4.17. The molecule has 1 saturated heterocycles. The van der Waals surface area contributed by atoms with Crippen LogP contribution in [0.3, 0.4) is 0 Å². The van der Waals surface area contributed by atoms with Crippen molar-refractivity contribution in [3.05, 3.63) is 47.5 Å². The van der Waals surface area contributed by atoms with Crippen LogP contribution >= 0.6 is 12.4 Å². The van der Waals surface area contributed by atoms with Crippen LogP contribution in [-0.4, -0.2) is 39.3 Å². The van der Waals surface area contributed by atoms with E-state index in [-0.39, 0.29) is 12.4 Å². The van der Waals surface area contributed by atoms with Crippen LogP contribution in [0.15, 0.2) is 30.7 Å². The van der Waals surface area contributed by atoms with Gasteiger partial charge in [0.05, 0.1) is 6.20 Å². The molecule has 0 aliphatic carbocycles. The van der Waals surface area contributed by atoms with Gasteiger partial charge in [0.1, 0.15) is 0 Å². The third-order valence-corrected chi connectivity index (χ3v) is 4.54. The van der Waals surface area contributed by atoms with E-state index in [4.69, 9.17) is 0 Å². The summed E-state index contributed by atoms with van der Waals surface area (Å²) in [5, 5.41) is 7.84. The summed E-state index contributed by atoms with van der Waals surface area (Å²) in [6.07, 6.45) is 7.07. The quantitative estimate of drug-likeness (QED) is 0.878. The van der Waals surface area contributed by atoms with Crippen molar-refractivity contribution in [1.82, 2.24) is 25.0 Å². The molecule has 6 heteroatoms. The van der Waals surface area contributed by atoms with E-state index in [1.54, 1.807) is 0 Å². The first-order valence-electron chi connectivity index (χ1n) is 8.02. The highest BCUT2D eigenvalue weighted by Crippen LogP contribution is 2.17. The fourth-order valence-corrected chi connectivity index (χ4v) is 3.11. The van der Waals surface area contributed by atoms with Gasteiger partial charge in [-0.05, 0) is 44.0 Å². The maximum absolute atomic E-state index is 4.37. The van der Waals surface area contributed by atoms with Crippen LogP contribution in [0.25, 0.3) is 0 Å². The van der Waals surface area contributed by atoms with Gasteiger partial charge in [0.2, 0.25) is 0 Å². The number of nitrogens with zero attached hydrogens (tertiary/aromatic N) is 4. The summed E-state index contributed by atoms with van der Waals surface area (Å²) in [5.41, 5.74) is 3.84. The van der Waals surface area contributed by atoms with Gasteiger partial charge >= 0.3 is 0 Å². The van der Waals surface area contributed by atoms with Crippen LogP contribution in [0.4, 0.5) is 0 Å². The Hall–Kier alpha value is -1.43. The van der Waals surface area contributed by atoms with Crippen LogP contribution < -0.4 is 5.32 Å². The van der Waals surface area contributed by atoms with E-state index >= 15 is 0 Å². The Morgan fingerprint density at radius 1 is 1.35 bits per heavy atom. The molecule has 126 valence electrons. The fraction of sp³-hybridized carbons (Fsp3) is 0.529. The van der Waals surface area contributed by atoms with Gasteiger partial charge in [-0.2, -0.15) is 5.10 Å². The summed E-state index contributed by atoms with van der Waals surface area (Å²) >= 11 is 0. The molecule has 1 N–H and O–H groups in total. The van der Waals surface area contributed by atoms with E-state index in [0.717, 1.165) is 38.6 Å². The van der Waals surface area contributed by atoms with E-state index in [1.807, 2.05) is 36.4 Å². The monoisotopic (exact) mass is 335 g/mol. The molecule has 0 aromatic carbocycles. The minimum Gasteiger partial charge on any atom is -0.316 e. The number of aryl methyl sites for hydroxylation is 1. The topological polar surface area (TPSA) is 46.0 Å². The molecule has 23 heavy (non-hydrogen) atoms. The van der Waals surface area contributed by atoms with Gasteiger partial charge in [-0.1, -0.05) is 6.07 Å². The molecule has 0 spiro atoms. The van der Waals surface area contributed by atoms with E-state index in [0.29, 0.717) is 0 Å². The standard InChI is InChI=1S/C17H25N5.ClH/c1-14-17(10-20-21(14)2)13-22(12-16-5-7-19-9-16)11-15-4-3-6-18-8-15;/h3-4,6,8,10,16,19H,5,7,9,11-13H2,1-2H3;1H. The Bertz CT molecular complexity index is 592. The predicted molar refractivity (Wildman–Crippen MR) is 94.5 cm³/mol. The molecule has 1 fully saturated rings. The number of hydrogen-bond acceptors (Lipinski definition) is 4. The first kappa shape index (κ1) is 17.9. The lowest BCUT2D eigenvalue weighted by atomic mass is 10.1. The first-order chi connectivity index (χ1) is 10.7. The van der Waals surface area contributed by atoms with Gasteiger partial charge in [0, 0.05) is 50.3 Å². The van der Waals surface area contributed by atoms with Crippen molar-refractivity contribution in [1.29, 1.82) is 0 Å². The van der Waals surface area contributed by atoms with Crippen LogP contribution in [-0.2, 0) is 20.1 Å². The minimum atomic E-state index is 0. The van der Waals surface area contributed by atoms with Crippen LogP contribution in [0.1, 0.15) is 23.2 Å². The molecule has 1 aliphatic rings. The third-order valence-electron chi connectivity index (χ3n) is 4.54. The summed E-state index contributed by atoms with van der Waals surface area (Å²) in [6.45, 7) is 7.44. The molecule has 1 aliphatic heterocycles. The third kappa shape index (κ3) is 4.77. The number of hydrogen-bond donors (Lipinski definition) is 1. The average molecular weight is 336 g/mol. The van der Waals surface area contributed by atoms with Crippen LogP contribution in [0.5, 0.6) is 0 Å². The van der Waals surface area contributed by atoms with Crippen molar-refractivity contribution in [2.45, 2.75) is 26.4 Å². The fourth-order valence-electron chi connectivity index (χ4n) is 3.11. The van der Waals surface area contributed by atoms with Gasteiger partial charge in [0.25, 0.3) is 0 Å². The highest BCUT2D eigenvalue weighted by Gasteiger charge is 2.19. The second kappa shape index (κ2) is 8.43. The lowest BCUT2D eigenvalue weighted by Gasteiger charge is -2.25. The highest BCUT2D eigenvalue weighted by atomic mass is 35.5. The molecule has 3 rings (SSSR count). The Labute approximate surface area is 144 Å². The summed E-state index contributed by atoms with van der Waals surface area (Å²) in [5.74, 6) is 0.744. The zero-order valence-corrected chi connectivity index (χ0v) is 14.7. The molecular formula is C17H26ClN5. The van der Waals surface area contributed by atoms with Gasteiger partial charge in [-0.15, -0.1) is 12.4 Å². The zero-order valence-electron chi connectivity index (χ0n) is 13.9. The second-order valence-corrected chi connectivity index (χ2v) is 6.27. The zero-order chi connectivity index (χ0) is 15.4. The second-order valence-electron chi connectivity index (χ2n) is 6.27. The van der Waals surface area contributed by atoms with E-state index in [1.165, 1.54) is 23.2 Å². The van der Waals surface area contributed by atoms with Crippen molar-refractivity contribution >= 4 is 12.4 Å². The molecule has 0 amide bonds. The van der Waals surface area contributed by atoms with Crippen molar-refractivity contribution in [3.8, 4) is 0 Å². The maximum atomic E-state index is 4.37. The van der Waals surface area contributed by atoms with E-state index in [9.17, 15) is 0 Å². The molecule has 0 bridgehead atoms. The number of halogens is 1. The lowest BCUT2D eigenvalue weighted by molar-refractivity contribution is 0.220. The molecule has 5 nitrogen and oxygen atoms in total. The minimum absolute atomic E-state index is 0. The number of pyridine rings is 1. The van der Waals surface area contributed by atoms with Gasteiger partial charge in [-0.25, -0.2) is 0 Å². The number of nitrogens with one attached hydrogen (secondary N) is 1. The summed E-state index contributed by atoms with van der Waals surface area (Å²) in [4.78, 5) is 6.77. The Morgan fingerprint density at radius 3 is 2.83 bits per heavy atom. The summed E-state index contributed by atoms with van der Waals surface area (Å²) < 4.78 is 1.95. The first-order valence-corrected chi connectivity index (χ1v) is 8.02. The Balaban J connectivity index is 0.00000192. The SMILES string of the molecule is Cc1c(CN(Cc2cccnc2)CC2CCNC2)cnn1C.Cl. The molecule has 0 radical (unpaired) electrons. The molecule has 1 unspecified atom stereocenters. The number of aromatic nitrogens is 3. The number of rotatable bonds is 6. The molecule has 3 heterocycles. The van der Waals surface area contributed by atoms with Crippen LogP contribution in [0.2, 0.25) is 0 Å². The van der Waals surface area contributed by atoms with Crippen LogP contribution in [0, 0.1) is 12.8 Å². The molecule has 0 saturated carbocycles. The molecule has 2 aromatic heterocycles. The van der Waals surface area contributed by atoms with Gasteiger partial charge < -0.3 is 5.32 Å². The largest absolute Gasteiger partial charge is 0.316 e. The van der Waals surface area contributed by atoms with E-state index < -0.39 is 0 Å². The van der Waals surface area contributed by atoms with Crippen molar-refractivity contribution in [2.75, 3.05) is 19.6 Å². The lowest BCUT2D eigenvalue weighted by Crippen LogP contribution is -2.30. The molecular weight excluding hydrogens is 310 g/mol. The van der Waals surface area contributed by atoms with Gasteiger partial charge in [0.15, 0.2) is 0 Å². The smallest absolute Gasteiger partial charge is 0.0537 e. The maximum Gasteiger partial charge on any atom is 0.0537 e. The normalized spacial score (nSPS) is 17.4. The molecule has 2 aromatic rings. The Morgan fingerprint density at radius 2 is 2.22 bits per heavy atom. The van der Waals surface area contributed by atoms with Crippen molar-refractivity contribution in [3.63, 3.8) is 0 Å². The molecule has 1 atom stereocenters. The van der Waals surface area contributed by atoms with Crippen molar-refractivity contribution < 1.29 is 0 Å². The average Bonchev–Trinajstić information content (AvgIpc) is 3.14. The Kier molecular flexibility index (Phi) is 6.57. The van der Waals surface area contributed by atoms with Crippen molar-refractivity contribution in [2.24, 2.45) is 13.0 Å². The summed E-state index contributed by atoms with van der Waals surface area (Å²) in [7, 11) is 2.01. The highest BCUT2D eigenvalue weighted by molar-refractivity contribution is 5.85. The van der Waals surface area contributed by atoms with E-state index in [2.05, 4.69) is 33.3 Å².